The highest BCUT2D eigenvalue weighted by Crippen LogP contribution is 2.30. The predicted molar refractivity (Wildman–Crippen MR) is 120 cm³/mol. The third-order valence-electron chi connectivity index (χ3n) is 5.20. The van der Waals surface area contributed by atoms with Crippen molar-refractivity contribution in [3.05, 3.63) is 89.9 Å². The molecule has 0 aliphatic carbocycles. The van der Waals surface area contributed by atoms with Gasteiger partial charge >= 0.3 is 0 Å². The molecule has 2 aromatic carbocycles. The highest BCUT2D eigenvalue weighted by atomic mass is 16.5. The SMILES string of the molecule is Cc1ccc(-c2nc(-c3noc4ccc(C(=O)NCCc5cccnc5)cc34)co2)cc1. The lowest BCUT2D eigenvalue weighted by molar-refractivity contribution is 0.0954. The van der Waals surface area contributed by atoms with Gasteiger partial charge in [0.2, 0.25) is 5.89 Å². The van der Waals surface area contributed by atoms with Crippen molar-refractivity contribution in [2.45, 2.75) is 13.3 Å². The van der Waals surface area contributed by atoms with Gasteiger partial charge in [-0.15, -0.1) is 0 Å². The van der Waals surface area contributed by atoms with E-state index in [4.69, 9.17) is 8.94 Å². The summed E-state index contributed by atoms with van der Waals surface area (Å²) in [4.78, 5) is 21.3. The molecule has 1 N–H and O–H groups in total. The maximum absolute atomic E-state index is 12.7. The molecule has 0 spiro atoms. The average Bonchev–Trinajstić information content (AvgIpc) is 3.47. The maximum atomic E-state index is 12.7. The lowest BCUT2D eigenvalue weighted by atomic mass is 10.1. The number of pyridine rings is 1. The van der Waals surface area contributed by atoms with Crippen molar-refractivity contribution in [2.75, 3.05) is 6.54 Å². The van der Waals surface area contributed by atoms with Crippen molar-refractivity contribution in [1.29, 1.82) is 0 Å². The lowest BCUT2D eigenvalue weighted by Gasteiger charge is -2.05. The van der Waals surface area contributed by atoms with Crippen LogP contribution in [0.4, 0.5) is 0 Å². The maximum Gasteiger partial charge on any atom is 0.251 e. The number of benzene rings is 2. The molecule has 3 aromatic heterocycles. The highest BCUT2D eigenvalue weighted by Gasteiger charge is 2.17. The van der Waals surface area contributed by atoms with E-state index in [-0.39, 0.29) is 5.91 Å². The number of hydrogen-bond acceptors (Lipinski definition) is 6. The Kier molecular flexibility index (Phi) is 5.21. The Balaban J connectivity index is 1.36. The van der Waals surface area contributed by atoms with Gasteiger partial charge in [-0.25, -0.2) is 4.98 Å². The Morgan fingerprint density at radius 3 is 2.78 bits per heavy atom. The first-order valence-corrected chi connectivity index (χ1v) is 10.3. The second-order valence-corrected chi connectivity index (χ2v) is 7.51. The minimum absolute atomic E-state index is 0.163. The van der Waals surface area contributed by atoms with Crippen molar-refractivity contribution >= 4 is 16.9 Å². The molecule has 0 radical (unpaired) electrons. The summed E-state index contributed by atoms with van der Waals surface area (Å²) in [6.45, 7) is 2.54. The molecule has 0 fully saturated rings. The van der Waals surface area contributed by atoms with Crippen LogP contribution in [0.15, 0.2) is 82.2 Å². The fourth-order valence-corrected chi connectivity index (χ4v) is 3.44. The molecule has 0 saturated carbocycles. The number of rotatable bonds is 6. The smallest absolute Gasteiger partial charge is 0.251 e. The first-order chi connectivity index (χ1) is 15.7. The third-order valence-corrected chi connectivity index (χ3v) is 5.20. The lowest BCUT2D eigenvalue weighted by Crippen LogP contribution is -2.25. The fourth-order valence-electron chi connectivity index (χ4n) is 3.44. The second kappa shape index (κ2) is 8.47. The molecule has 5 rings (SSSR count). The van der Waals surface area contributed by atoms with Gasteiger partial charge in [0.25, 0.3) is 5.91 Å². The molecule has 3 heterocycles. The molecule has 0 atom stereocenters. The minimum Gasteiger partial charge on any atom is -0.444 e. The molecule has 0 unspecified atom stereocenters. The van der Waals surface area contributed by atoms with E-state index < -0.39 is 0 Å². The van der Waals surface area contributed by atoms with Gasteiger partial charge in [-0.05, 0) is 55.3 Å². The molecule has 5 aromatic rings. The van der Waals surface area contributed by atoms with Crippen LogP contribution in [0.2, 0.25) is 0 Å². The summed E-state index contributed by atoms with van der Waals surface area (Å²) in [6.07, 6.45) is 5.78. The van der Waals surface area contributed by atoms with Crippen LogP contribution in [-0.4, -0.2) is 27.6 Å². The van der Waals surface area contributed by atoms with Crippen molar-refractivity contribution < 1.29 is 13.7 Å². The molecule has 0 aliphatic rings. The number of hydrogen-bond donors (Lipinski definition) is 1. The molecule has 32 heavy (non-hydrogen) atoms. The molecule has 1 amide bonds. The minimum atomic E-state index is -0.163. The van der Waals surface area contributed by atoms with Gasteiger partial charge in [0.05, 0.1) is 5.39 Å². The van der Waals surface area contributed by atoms with Crippen molar-refractivity contribution in [2.24, 2.45) is 0 Å². The number of nitrogens with one attached hydrogen (secondary N) is 1. The van der Waals surface area contributed by atoms with Crippen LogP contribution in [-0.2, 0) is 6.42 Å². The summed E-state index contributed by atoms with van der Waals surface area (Å²) < 4.78 is 11.1. The van der Waals surface area contributed by atoms with E-state index in [1.54, 1.807) is 36.9 Å². The van der Waals surface area contributed by atoms with Gasteiger partial charge in [-0.1, -0.05) is 28.9 Å². The molecular formula is C25H20N4O3. The summed E-state index contributed by atoms with van der Waals surface area (Å²) in [6, 6.07) is 17.0. The molecule has 7 heteroatoms. The Morgan fingerprint density at radius 2 is 1.97 bits per heavy atom. The summed E-state index contributed by atoms with van der Waals surface area (Å²) in [7, 11) is 0. The zero-order chi connectivity index (χ0) is 21.9. The van der Waals surface area contributed by atoms with Crippen LogP contribution in [0.5, 0.6) is 0 Å². The second-order valence-electron chi connectivity index (χ2n) is 7.51. The van der Waals surface area contributed by atoms with Crippen molar-refractivity contribution in [1.82, 2.24) is 20.4 Å². The number of nitrogens with zero attached hydrogens (tertiary/aromatic N) is 3. The van der Waals surface area contributed by atoms with Gasteiger partial charge in [0.15, 0.2) is 5.58 Å². The molecule has 7 nitrogen and oxygen atoms in total. The topological polar surface area (TPSA) is 94.0 Å². The van der Waals surface area contributed by atoms with E-state index >= 15 is 0 Å². The van der Waals surface area contributed by atoms with E-state index in [1.807, 2.05) is 43.3 Å². The normalized spacial score (nSPS) is 11.0. The summed E-state index contributed by atoms with van der Waals surface area (Å²) in [5, 5.41) is 7.80. The van der Waals surface area contributed by atoms with Crippen molar-refractivity contribution in [3.8, 4) is 22.8 Å². The summed E-state index contributed by atoms with van der Waals surface area (Å²) in [5.41, 5.74) is 5.29. The molecule has 158 valence electrons. The van der Waals surface area contributed by atoms with Crippen molar-refractivity contribution in [3.63, 3.8) is 0 Å². The van der Waals surface area contributed by atoms with Crippen LogP contribution in [0.25, 0.3) is 33.8 Å². The predicted octanol–water partition coefficient (Wildman–Crippen LogP) is 4.83. The van der Waals surface area contributed by atoms with E-state index in [1.165, 1.54) is 0 Å². The largest absolute Gasteiger partial charge is 0.444 e. The number of aryl methyl sites for hydroxylation is 1. The van der Waals surface area contributed by atoms with Gasteiger partial charge in [-0.3, -0.25) is 9.78 Å². The number of amides is 1. The third kappa shape index (κ3) is 4.00. The van der Waals surface area contributed by atoms with Gasteiger partial charge < -0.3 is 14.3 Å². The molecule has 0 saturated heterocycles. The number of carbonyl (C=O) groups is 1. The van der Waals surface area contributed by atoms with Crippen LogP contribution in [0, 0.1) is 6.92 Å². The van der Waals surface area contributed by atoms with Crippen LogP contribution in [0.3, 0.4) is 0 Å². The zero-order valence-electron chi connectivity index (χ0n) is 17.4. The van der Waals surface area contributed by atoms with Gasteiger partial charge in [-0.2, -0.15) is 0 Å². The number of oxazole rings is 1. The first kappa shape index (κ1) is 19.7. The Morgan fingerprint density at radius 1 is 1.09 bits per heavy atom. The monoisotopic (exact) mass is 424 g/mol. The molecule has 0 aliphatic heterocycles. The van der Waals surface area contributed by atoms with E-state index in [9.17, 15) is 4.79 Å². The summed E-state index contributed by atoms with van der Waals surface area (Å²) in [5.74, 6) is 0.337. The fraction of sp³-hybridized carbons (Fsp3) is 0.120. The number of carbonyl (C=O) groups excluding carboxylic acids is 1. The first-order valence-electron chi connectivity index (χ1n) is 10.3. The quantitative estimate of drug-likeness (QED) is 0.420. The van der Waals surface area contributed by atoms with E-state index in [2.05, 4.69) is 20.4 Å². The van der Waals surface area contributed by atoms with E-state index in [0.29, 0.717) is 46.8 Å². The Hall–Kier alpha value is -4.26. The standard InChI is InChI=1S/C25H20N4O3/c1-16-4-6-18(7-5-16)25-28-21(15-31-25)23-20-13-19(8-9-22(20)32-29-23)24(30)27-12-10-17-3-2-11-26-14-17/h2-9,11,13-15H,10,12H2,1H3,(H,27,30). The Bertz CT molecular complexity index is 1370. The number of fused-ring (bicyclic) bond motifs is 1. The molecule has 0 bridgehead atoms. The zero-order valence-corrected chi connectivity index (χ0v) is 17.4. The Labute approximate surface area is 184 Å². The highest BCUT2D eigenvalue weighted by molar-refractivity contribution is 6.00. The van der Waals surface area contributed by atoms with Gasteiger partial charge in [0, 0.05) is 30.1 Å². The van der Waals surface area contributed by atoms with Crippen LogP contribution < -0.4 is 5.32 Å². The number of aromatic nitrogens is 3. The van der Waals surface area contributed by atoms with E-state index in [0.717, 1.165) is 16.7 Å². The van der Waals surface area contributed by atoms with Crippen LogP contribution in [0.1, 0.15) is 21.5 Å². The van der Waals surface area contributed by atoms with Crippen LogP contribution >= 0.6 is 0 Å². The van der Waals surface area contributed by atoms with Gasteiger partial charge in [0.1, 0.15) is 17.7 Å². The molecular weight excluding hydrogens is 404 g/mol. The average molecular weight is 424 g/mol. The summed E-state index contributed by atoms with van der Waals surface area (Å²) >= 11 is 0.